The van der Waals surface area contributed by atoms with Crippen molar-refractivity contribution in [1.29, 1.82) is 0 Å². The lowest BCUT2D eigenvalue weighted by Crippen LogP contribution is -2.33. The van der Waals surface area contributed by atoms with E-state index in [9.17, 15) is 0 Å². The van der Waals surface area contributed by atoms with Crippen molar-refractivity contribution in [3.8, 4) is 11.5 Å². The van der Waals surface area contributed by atoms with Gasteiger partial charge in [-0.3, -0.25) is 0 Å². The van der Waals surface area contributed by atoms with Gasteiger partial charge in [0.15, 0.2) is 0 Å². The van der Waals surface area contributed by atoms with Gasteiger partial charge in [-0.15, -0.1) is 0 Å². The molecule has 1 fully saturated rings. The van der Waals surface area contributed by atoms with Crippen molar-refractivity contribution in [2.75, 3.05) is 33.9 Å². The van der Waals surface area contributed by atoms with Gasteiger partial charge in [-0.2, -0.15) is 0 Å². The van der Waals surface area contributed by atoms with Crippen LogP contribution in [0, 0.1) is 0 Å². The van der Waals surface area contributed by atoms with Crippen LogP contribution in [0.2, 0.25) is 0 Å². The van der Waals surface area contributed by atoms with E-state index in [0.717, 1.165) is 48.7 Å². The summed E-state index contributed by atoms with van der Waals surface area (Å²) in [5, 5.41) is 3.33. The van der Waals surface area contributed by atoms with E-state index < -0.39 is 0 Å². The molecular weight excluding hydrogens is 230 g/mol. The zero-order chi connectivity index (χ0) is 13.0. The fourth-order valence-corrected chi connectivity index (χ4v) is 2.28. The van der Waals surface area contributed by atoms with Crippen LogP contribution in [-0.4, -0.2) is 33.9 Å². The number of hydrogen-bond acceptors (Lipinski definition) is 4. The lowest BCUT2D eigenvalue weighted by atomic mass is 10.0. The lowest BCUT2D eigenvalue weighted by Gasteiger charge is -2.26. The highest BCUT2D eigenvalue weighted by Gasteiger charge is 2.21. The van der Waals surface area contributed by atoms with E-state index in [-0.39, 0.29) is 6.10 Å². The van der Waals surface area contributed by atoms with Crippen LogP contribution in [0.3, 0.4) is 0 Å². The first-order chi connectivity index (χ1) is 8.80. The van der Waals surface area contributed by atoms with Gasteiger partial charge in [0.05, 0.1) is 26.9 Å². The summed E-state index contributed by atoms with van der Waals surface area (Å²) in [5.74, 6) is 1.78. The zero-order valence-corrected chi connectivity index (χ0v) is 11.3. The Balaban J connectivity index is 2.37. The van der Waals surface area contributed by atoms with E-state index in [1.807, 2.05) is 12.1 Å². The SMILES string of the molecule is CCc1cc(OC)c(C2CNCCO2)cc1OC. The number of morpholine rings is 1. The monoisotopic (exact) mass is 251 g/mol. The standard InChI is InChI=1S/C14H21NO3/c1-4-10-7-13(17-3)11(8-12(10)16-2)14-9-15-5-6-18-14/h7-8,14-15H,4-6,9H2,1-3H3. The molecule has 18 heavy (non-hydrogen) atoms. The van der Waals surface area contributed by atoms with Crippen LogP contribution in [0.5, 0.6) is 11.5 Å². The molecule has 2 rings (SSSR count). The van der Waals surface area contributed by atoms with Crippen molar-refractivity contribution in [2.45, 2.75) is 19.4 Å². The summed E-state index contributed by atoms with van der Waals surface area (Å²) < 4.78 is 16.7. The Morgan fingerprint density at radius 1 is 1.28 bits per heavy atom. The minimum atomic E-state index is 0.0357. The first-order valence-electron chi connectivity index (χ1n) is 6.37. The van der Waals surface area contributed by atoms with Crippen LogP contribution in [-0.2, 0) is 11.2 Å². The van der Waals surface area contributed by atoms with Crippen LogP contribution >= 0.6 is 0 Å². The van der Waals surface area contributed by atoms with E-state index in [4.69, 9.17) is 14.2 Å². The molecule has 1 aliphatic heterocycles. The summed E-state index contributed by atoms with van der Waals surface area (Å²) in [4.78, 5) is 0. The number of nitrogens with one attached hydrogen (secondary N) is 1. The van der Waals surface area contributed by atoms with Gasteiger partial charge in [-0.25, -0.2) is 0 Å². The van der Waals surface area contributed by atoms with Gasteiger partial charge in [-0.05, 0) is 24.1 Å². The van der Waals surface area contributed by atoms with Crippen LogP contribution in [0.1, 0.15) is 24.2 Å². The Bertz CT molecular complexity index is 400. The maximum atomic E-state index is 5.78. The van der Waals surface area contributed by atoms with Crippen LogP contribution in [0.15, 0.2) is 12.1 Å². The Kier molecular flexibility index (Phi) is 4.44. The van der Waals surface area contributed by atoms with Crippen molar-refractivity contribution in [3.05, 3.63) is 23.3 Å². The van der Waals surface area contributed by atoms with E-state index in [1.54, 1.807) is 14.2 Å². The molecule has 0 amide bonds. The van der Waals surface area contributed by atoms with Gasteiger partial charge in [0.25, 0.3) is 0 Å². The highest BCUT2D eigenvalue weighted by atomic mass is 16.5. The summed E-state index contributed by atoms with van der Waals surface area (Å²) in [6.45, 7) is 4.55. The molecule has 1 saturated heterocycles. The van der Waals surface area contributed by atoms with Crippen molar-refractivity contribution in [1.82, 2.24) is 5.32 Å². The topological polar surface area (TPSA) is 39.7 Å². The number of rotatable bonds is 4. The fraction of sp³-hybridized carbons (Fsp3) is 0.571. The van der Waals surface area contributed by atoms with Gasteiger partial charge >= 0.3 is 0 Å². The number of ether oxygens (including phenoxy) is 3. The Labute approximate surface area is 108 Å². The first-order valence-corrected chi connectivity index (χ1v) is 6.37. The first kappa shape index (κ1) is 13.2. The van der Waals surface area contributed by atoms with Crippen LogP contribution in [0.25, 0.3) is 0 Å². The van der Waals surface area contributed by atoms with Gasteiger partial charge in [0, 0.05) is 18.7 Å². The molecule has 100 valence electrons. The molecule has 1 aromatic rings. The third-order valence-electron chi connectivity index (χ3n) is 3.29. The summed E-state index contributed by atoms with van der Waals surface area (Å²) in [7, 11) is 3.39. The summed E-state index contributed by atoms with van der Waals surface area (Å²) in [5.41, 5.74) is 2.21. The van der Waals surface area contributed by atoms with Crippen LogP contribution in [0.4, 0.5) is 0 Å². The number of aryl methyl sites for hydroxylation is 1. The van der Waals surface area contributed by atoms with Crippen molar-refractivity contribution < 1.29 is 14.2 Å². The number of hydrogen-bond donors (Lipinski definition) is 1. The second-order valence-electron chi connectivity index (χ2n) is 4.32. The second-order valence-corrected chi connectivity index (χ2v) is 4.32. The van der Waals surface area contributed by atoms with Gasteiger partial charge in [-0.1, -0.05) is 6.92 Å². The molecule has 4 heteroatoms. The molecule has 4 nitrogen and oxygen atoms in total. The van der Waals surface area contributed by atoms with Gasteiger partial charge in [0.1, 0.15) is 11.5 Å². The normalized spacial score (nSPS) is 19.6. The number of methoxy groups -OCH3 is 2. The Morgan fingerprint density at radius 2 is 2.06 bits per heavy atom. The molecule has 1 heterocycles. The lowest BCUT2D eigenvalue weighted by molar-refractivity contribution is 0.0261. The molecule has 0 bridgehead atoms. The third kappa shape index (κ3) is 2.60. The van der Waals surface area contributed by atoms with E-state index in [1.165, 1.54) is 0 Å². The highest BCUT2D eigenvalue weighted by Crippen LogP contribution is 2.34. The molecule has 0 spiro atoms. The molecule has 1 aromatic carbocycles. The quantitative estimate of drug-likeness (QED) is 0.887. The maximum absolute atomic E-state index is 5.78. The van der Waals surface area contributed by atoms with Gasteiger partial charge < -0.3 is 19.5 Å². The fourth-order valence-electron chi connectivity index (χ4n) is 2.28. The highest BCUT2D eigenvalue weighted by molar-refractivity contribution is 5.47. The Hall–Kier alpha value is -1.26. The molecule has 1 aliphatic rings. The van der Waals surface area contributed by atoms with E-state index in [2.05, 4.69) is 12.2 Å². The molecule has 0 aromatic heterocycles. The molecule has 0 radical (unpaired) electrons. The molecule has 1 N–H and O–H groups in total. The Morgan fingerprint density at radius 3 is 2.61 bits per heavy atom. The maximum Gasteiger partial charge on any atom is 0.125 e. The zero-order valence-electron chi connectivity index (χ0n) is 11.3. The van der Waals surface area contributed by atoms with Crippen molar-refractivity contribution in [3.63, 3.8) is 0 Å². The summed E-state index contributed by atoms with van der Waals surface area (Å²) >= 11 is 0. The molecule has 0 saturated carbocycles. The minimum absolute atomic E-state index is 0.0357. The van der Waals surface area contributed by atoms with Gasteiger partial charge in [0.2, 0.25) is 0 Å². The largest absolute Gasteiger partial charge is 0.496 e. The van der Waals surface area contributed by atoms with Crippen LogP contribution < -0.4 is 14.8 Å². The van der Waals surface area contributed by atoms with Crippen molar-refractivity contribution in [2.24, 2.45) is 0 Å². The molecule has 0 aliphatic carbocycles. The molecular formula is C14H21NO3. The number of benzene rings is 1. The van der Waals surface area contributed by atoms with E-state index >= 15 is 0 Å². The summed E-state index contributed by atoms with van der Waals surface area (Å²) in [6.07, 6.45) is 0.956. The minimum Gasteiger partial charge on any atom is -0.496 e. The molecule has 1 unspecified atom stereocenters. The predicted octanol–water partition coefficient (Wildman–Crippen LogP) is 1.93. The van der Waals surface area contributed by atoms with Crippen molar-refractivity contribution >= 4 is 0 Å². The smallest absolute Gasteiger partial charge is 0.125 e. The average Bonchev–Trinajstić information content (AvgIpc) is 2.46. The molecule has 1 atom stereocenters. The van der Waals surface area contributed by atoms with E-state index in [0.29, 0.717) is 0 Å². The second kappa shape index (κ2) is 6.07. The average molecular weight is 251 g/mol. The third-order valence-corrected chi connectivity index (χ3v) is 3.29. The predicted molar refractivity (Wildman–Crippen MR) is 70.5 cm³/mol. The summed E-state index contributed by atoms with van der Waals surface area (Å²) in [6, 6.07) is 4.08.